The smallest absolute Gasteiger partial charge is 0.101 e. The zero-order valence-corrected chi connectivity index (χ0v) is 7.70. The van der Waals surface area contributed by atoms with E-state index in [4.69, 9.17) is 0 Å². The fraction of sp³-hybridized carbons (Fsp3) is 1.00. The molecule has 0 rings (SSSR count). The minimum absolute atomic E-state index is 0.925. The van der Waals surface area contributed by atoms with E-state index in [9.17, 15) is 0 Å². The highest BCUT2D eigenvalue weighted by atomic mass is 27.0. The number of hydrogen-bond acceptors (Lipinski definition) is 0. The molecule has 0 aliphatic rings. The van der Waals surface area contributed by atoms with Crippen molar-refractivity contribution in [1.82, 2.24) is 0 Å². The molecule has 0 aliphatic carbocycles. The van der Waals surface area contributed by atoms with Crippen LogP contribution in [0.2, 0.25) is 5.28 Å². The van der Waals surface area contributed by atoms with Crippen molar-refractivity contribution >= 4 is 16.3 Å². The van der Waals surface area contributed by atoms with Gasteiger partial charge < -0.3 is 0 Å². The van der Waals surface area contributed by atoms with Crippen molar-refractivity contribution in [2.75, 3.05) is 0 Å². The second kappa shape index (κ2) is 4.69. The standard InChI is InChI=1S/C6H13.Al.2H/c1-4-5-6(2)3;;;/h6H,1,4-5H2,2-3H3;;;. The second-order valence-corrected chi connectivity index (χ2v) is 3.54. The molecule has 0 saturated carbocycles. The maximum Gasteiger partial charge on any atom is 0.211 e. The lowest BCUT2D eigenvalue weighted by atomic mass is 10.1. The summed E-state index contributed by atoms with van der Waals surface area (Å²) in [5.41, 5.74) is 0. The van der Waals surface area contributed by atoms with E-state index in [0.717, 1.165) is 5.92 Å². The zero-order valence-electron chi connectivity index (χ0n) is 5.70. The van der Waals surface area contributed by atoms with Gasteiger partial charge in [-0.2, -0.15) is 0 Å². The molecule has 42 valence electrons. The summed E-state index contributed by atoms with van der Waals surface area (Å²) in [6.45, 7) is 4.58. The third-order valence-electron chi connectivity index (χ3n) is 1.14. The summed E-state index contributed by atoms with van der Waals surface area (Å²) in [7, 11) is 0. The van der Waals surface area contributed by atoms with Gasteiger partial charge in [-0.05, 0) is 5.92 Å². The van der Waals surface area contributed by atoms with Crippen LogP contribution < -0.4 is 0 Å². The molecule has 0 heterocycles. The molecule has 0 amide bonds. The molecule has 0 aliphatic heterocycles. The summed E-state index contributed by atoms with van der Waals surface area (Å²) in [6.07, 6.45) is 2.90. The summed E-state index contributed by atoms with van der Waals surface area (Å²) in [6, 6.07) is 0. The Kier molecular flexibility index (Phi) is 5.04. The molecule has 0 saturated heterocycles. The molecule has 0 radical (unpaired) electrons. The topological polar surface area (TPSA) is 0 Å². The van der Waals surface area contributed by atoms with Crippen LogP contribution in [-0.2, 0) is 0 Å². The Labute approximate surface area is 54.7 Å². The fourth-order valence-corrected chi connectivity index (χ4v) is 1.02. The van der Waals surface area contributed by atoms with Gasteiger partial charge in [0, 0.05) is 0 Å². The van der Waals surface area contributed by atoms with E-state index in [-0.39, 0.29) is 0 Å². The summed E-state index contributed by atoms with van der Waals surface area (Å²) in [5.74, 6) is 0.925. The molecule has 0 atom stereocenters. The van der Waals surface area contributed by atoms with Crippen LogP contribution in [0.1, 0.15) is 26.7 Å². The quantitative estimate of drug-likeness (QED) is 0.487. The minimum atomic E-state index is 0.925. The molecule has 0 aromatic rings. The Morgan fingerprint density at radius 2 is 2.00 bits per heavy atom. The van der Waals surface area contributed by atoms with Gasteiger partial charge in [0.05, 0.1) is 0 Å². The third-order valence-corrected chi connectivity index (χ3v) is 1.84. The van der Waals surface area contributed by atoms with E-state index in [2.05, 4.69) is 13.8 Å². The van der Waals surface area contributed by atoms with Crippen molar-refractivity contribution in [1.29, 1.82) is 0 Å². The molecule has 0 bridgehead atoms. The van der Waals surface area contributed by atoms with E-state index < -0.39 is 0 Å². The summed E-state index contributed by atoms with van der Waals surface area (Å²) >= 11 is 1.39. The van der Waals surface area contributed by atoms with Crippen LogP contribution in [0.3, 0.4) is 0 Å². The molecule has 0 aromatic carbocycles. The lowest BCUT2D eigenvalue weighted by Gasteiger charge is -1.98. The Hall–Kier alpha value is 0.532. The Morgan fingerprint density at radius 1 is 1.43 bits per heavy atom. The molecular formula is C6H15Al. The first-order valence-corrected chi connectivity index (χ1v) is 4.68. The highest BCUT2D eigenvalue weighted by molar-refractivity contribution is 6.08. The van der Waals surface area contributed by atoms with E-state index in [1.54, 1.807) is 0 Å². The molecule has 0 fully saturated rings. The minimum Gasteiger partial charge on any atom is -0.101 e. The van der Waals surface area contributed by atoms with Crippen LogP contribution in [0.25, 0.3) is 0 Å². The van der Waals surface area contributed by atoms with Crippen molar-refractivity contribution in [2.45, 2.75) is 32.0 Å². The van der Waals surface area contributed by atoms with E-state index >= 15 is 0 Å². The first-order valence-electron chi connectivity index (χ1n) is 3.27. The van der Waals surface area contributed by atoms with E-state index in [1.165, 1.54) is 34.4 Å². The Morgan fingerprint density at radius 3 is 2.14 bits per heavy atom. The molecule has 1 heteroatoms. The van der Waals surface area contributed by atoms with Gasteiger partial charge in [0.25, 0.3) is 0 Å². The maximum absolute atomic E-state index is 2.29. The van der Waals surface area contributed by atoms with Crippen molar-refractivity contribution < 1.29 is 0 Å². The van der Waals surface area contributed by atoms with Crippen molar-refractivity contribution in [2.24, 2.45) is 5.92 Å². The number of hydrogen-bond donors (Lipinski definition) is 0. The zero-order chi connectivity index (χ0) is 5.70. The second-order valence-electron chi connectivity index (χ2n) is 2.54. The summed E-state index contributed by atoms with van der Waals surface area (Å²) in [5, 5.41) is 1.48. The molecule has 0 nitrogen and oxygen atoms in total. The monoisotopic (exact) mass is 114 g/mol. The van der Waals surface area contributed by atoms with Gasteiger partial charge in [0.1, 0.15) is 0 Å². The predicted octanol–water partition coefficient (Wildman–Crippen LogP) is 1.47. The molecule has 0 N–H and O–H groups in total. The van der Waals surface area contributed by atoms with Crippen molar-refractivity contribution in [3.05, 3.63) is 0 Å². The summed E-state index contributed by atoms with van der Waals surface area (Å²) in [4.78, 5) is 0. The van der Waals surface area contributed by atoms with Crippen LogP contribution in [0.5, 0.6) is 0 Å². The average Bonchev–Trinajstić information content (AvgIpc) is 1.61. The lowest BCUT2D eigenvalue weighted by Crippen LogP contribution is -1.84. The van der Waals surface area contributed by atoms with Gasteiger partial charge in [-0.25, -0.2) is 0 Å². The molecular weight excluding hydrogens is 99.0 g/mol. The van der Waals surface area contributed by atoms with Gasteiger partial charge in [0.15, 0.2) is 0 Å². The van der Waals surface area contributed by atoms with Gasteiger partial charge in [-0.15, -0.1) is 5.28 Å². The van der Waals surface area contributed by atoms with Crippen LogP contribution in [0, 0.1) is 5.92 Å². The SMILES string of the molecule is CC(C)CC[CH2][AlH2]. The first kappa shape index (κ1) is 7.53. The maximum atomic E-state index is 2.29. The average molecular weight is 114 g/mol. The first-order chi connectivity index (χ1) is 3.27. The van der Waals surface area contributed by atoms with Crippen LogP contribution >= 0.6 is 0 Å². The normalized spacial score (nSPS) is 10.1. The Balaban J connectivity index is 2.68. The third kappa shape index (κ3) is 6.53. The predicted molar refractivity (Wildman–Crippen MR) is 37.4 cm³/mol. The van der Waals surface area contributed by atoms with Gasteiger partial charge in [-0.1, -0.05) is 26.7 Å². The van der Waals surface area contributed by atoms with Gasteiger partial charge >= 0.3 is 0 Å². The van der Waals surface area contributed by atoms with Gasteiger partial charge in [-0.3, -0.25) is 0 Å². The van der Waals surface area contributed by atoms with E-state index in [0.29, 0.717) is 0 Å². The molecule has 0 spiro atoms. The van der Waals surface area contributed by atoms with E-state index in [1.807, 2.05) is 0 Å². The largest absolute Gasteiger partial charge is 0.211 e. The Bertz CT molecular complexity index is 33.2. The van der Waals surface area contributed by atoms with Gasteiger partial charge in [0.2, 0.25) is 16.3 Å². The van der Waals surface area contributed by atoms with Crippen LogP contribution in [0.4, 0.5) is 0 Å². The molecule has 0 aromatic heterocycles. The lowest BCUT2D eigenvalue weighted by molar-refractivity contribution is 0.576. The highest BCUT2D eigenvalue weighted by Gasteiger charge is 1.88. The van der Waals surface area contributed by atoms with Crippen LogP contribution in [-0.4, -0.2) is 16.3 Å². The van der Waals surface area contributed by atoms with Crippen molar-refractivity contribution in [3.63, 3.8) is 0 Å². The molecule has 0 unspecified atom stereocenters. The van der Waals surface area contributed by atoms with Crippen LogP contribution in [0.15, 0.2) is 0 Å². The molecule has 7 heavy (non-hydrogen) atoms. The number of rotatable bonds is 3. The summed E-state index contributed by atoms with van der Waals surface area (Å²) < 4.78 is 0. The van der Waals surface area contributed by atoms with Crippen molar-refractivity contribution in [3.8, 4) is 0 Å². The highest BCUT2D eigenvalue weighted by Crippen LogP contribution is 2.03. The fourth-order valence-electron chi connectivity index (χ4n) is 0.612.